The van der Waals surface area contributed by atoms with Crippen molar-refractivity contribution in [2.75, 3.05) is 11.1 Å². The van der Waals surface area contributed by atoms with Crippen LogP contribution < -0.4 is 5.32 Å². The van der Waals surface area contributed by atoms with E-state index in [0.29, 0.717) is 11.7 Å². The van der Waals surface area contributed by atoms with E-state index < -0.39 is 0 Å². The van der Waals surface area contributed by atoms with E-state index in [9.17, 15) is 4.79 Å². The summed E-state index contributed by atoms with van der Waals surface area (Å²) in [5.74, 6) is 1.74. The number of amides is 1. The summed E-state index contributed by atoms with van der Waals surface area (Å²) in [6.07, 6.45) is 1.88. The third-order valence-corrected chi connectivity index (χ3v) is 6.57. The Morgan fingerprint density at radius 3 is 2.64 bits per heavy atom. The zero-order valence-electron chi connectivity index (χ0n) is 16.5. The Balaban J connectivity index is 1.56. The average molecular weight is 415 g/mol. The molecule has 0 radical (unpaired) electrons. The predicted octanol–water partition coefficient (Wildman–Crippen LogP) is 5.19. The van der Waals surface area contributed by atoms with Gasteiger partial charge in [-0.1, -0.05) is 43.8 Å². The SMILES string of the molecule is CC[C@@H](C)c1ccc(NC(=O)CSc2nnc(Cc3cccs3)n2CC)cc1. The summed E-state index contributed by atoms with van der Waals surface area (Å²) in [5, 5.41) is 14.4. The largest absolute Gasteiger partial charge is 0.325 e. The van der Waals surface area contributed by atoms with Gasteiger partial charge in [-0.3, -0.25) is 4.79 Å². The van der Waals surface area contributed by atoms with Crippen molar-refractivity contribution in [3.05, 3.63) is 58.0 Å². The summed E-state index contributed by atoms with van der Waals surface area (Å²) in [5.41, 5.74) is 2.12. The minimum Gasteiger partial charge on any atom is -0.325 e. The topological polar surface area (TPSA) is 59.8 Å². The lowest BCUT2D eigenvalue weighted by Gasteiger charge is -2.10. The molecular formula is C21H26N4OS2. The molecule has 7 heteroatoms. The Morgan fingerprint density at radius 2 is 2.00 bits per heavy atom. The molecule has 0 saturated heterocycles. The van der Waals surface area contributed by atoms with Gasteiger partial charge < -0.3 is 9.88 Å². The molecule has 0 bridgehead atoms. The van der Waals surface area contributed by atoms with E-state index in [2.05, 4.69) is 64.4 Å². The molecule has 3 aromatic rings. The van der Waals surface area contributed by atoms with Gasteiger partial charge in [0, 0.05) is 23.5 Å². The van der Waals surface area contributed by atoms with E-state index >= 15 is 0 Å². The van der Waals surface area contributed by atoms with E-state index in [4.69, 9.17) is 0 Å². The molecular weight excluding hydrogens is 388 g/mol. The third-order valence-electron chi connectivity index (χ3n) is 4.73. The van der Waals surface area contributed by atoms with E-state index in [1.165, 1.54) is 22.2 Å². The second kappa shape index (κ2) is 9.89. The normalized spacial score (nSPS) is 12.1. The van der Waals surface area contributed by atoms with Crippen LogP contribution in [0.15, 0.2) is 46.9 Å². The molecule has 2 aromatic heterocycles. The maximum Gasteiger partial charge on any atom is 0.234 e. The second-order valence-electron chi connectivity index (χ2n) is 6.67. The minimum absolute atomic E-state index is 0.0354. The van der Waals surface area contributed by atoms with Crippen LogP contribution in [0.4, 0.5) is 5.69 Å². The van der Waals surface area contributed by atoms with Crippen molar-refractivity contribution in [1.82, 2.24) is 14.8 Å². The molecule has 1 atom stereocenters. The molecule has 0 fully saturated rings. The zero-order valence-corrected chi connectivity index (χ0v) is 18.1. The van der Waals surface area contributed by atoms with E-state index in [0.717, 1.165) is 36.1 Å². The number of rotatable bonds is 9. The minimum atomic E-state index is -0.0354. The van der Waals surface area contributed by atoms with Crippen LogP contribution in [0, 0.1) is 0 Å². The number of carbonyl (C=O) groups excluding carboxylic acids is 1. The van der Waals surface area contributed by atoms with Crippen LogP contribution in [-0.2, 0) is 17.8 Å². The highest BCUT2D eigenvalue weighted by Crippen LogP contribution is 2.22. The van der Waals surface area contributed by atoms with Gasteiger partial charge in [0.05, 0.1) is 5.75 Å². The molecule has 5 nitrogen and oxygen atoms in total. The standard InChI is InChI=1S/C21H26N4OS2/c1-4-15(3)16-8-10-17(11-9-16)22-20(26)14-28-21-24-23-19(25(21)5-2)13-18-7-6-12-27-18/h6-12,15H,4-5,13-14H2,1-3H3,(H,22,26)/t15-/m1/s1. The fraction of sp³-hybridized carbons (Fsp3) is 0.381. The predicted molar refractivity (Wildman–Crippen MR) is 117 cm³/mol. The number of anilines is 1. The molecule has 0 spiro atoms. The number of nitrogens with zero attached hydrogens (tertiary/aromatic N) is 3. The lowest BCUT2D eigenvalue weighted by molar-refractivity contribution is -0.113. The number of nitrogens with one attached hydrogen (secondary N) is 1. The summed E-state index contributed by atoms with van der Waals surface area (Å²) in [4.78, 5) is 13.6. The Hall–Kier alpha value is -2.12. The average Bonchev–Trinajstić information content (AvgIpc) is 3.36. The maximum absolute atomic E-state index is 12.3. The van der Waals surface area contributed by atoms with Crippen LogP contribution in [0.1, 0.15) is 49.4 Å². The summed E-state index contributed by atoms with van der Waals surface area (Å²) >= 11 is 3.14. The zero-order chi connectivity index (χ0) is 19.9. The number of aromatic nitrogens is 3. The lowest BCUT2D eigenvalue weighted by atomic mass is 9.99. The Morgan fingerprint density at radius 1 is 1.21 bits per heavy atom. The Kier molecular flexibility index (Phi) is 7.28. The van der Waals surface area contributed by atoms with Crippen molar-refractivity contribution in [3.63, 3.8) is 0 Å². The highest BCUT2D eigenvalue weighted by molar-refractivity contribution is 7.99. The number of thiophene rings is 1. The van der Waals surface area contributed by atoms with Crippen LogP contribution in [-0.4, -0.2) is 26.4 Å². The maximum atomic E-state index is 12.3. The van der Waals surface area contributed by atoms with E-state index in [1.54, 1.807) is 11.3 Å². The first-order valence-corrected chi connectivity index (χ1v) is 11.4. The van der Waals surface area contributed by atoms with Crippen LogP contribution in [0.3, 0.4) is 0 Å². The number of benzene rings is 1. The number of hydrogen-bond acceptors (Lipinski definition) is 5. The van der Waals surface area contributed by atoms with E-state index in [-0.39, 0.29) is 5.91 Å². The Bertz CT molecular complexity index is 888. The van der Waals surface area contributed by atoms with Gasteiger partial charge in [-0.05, 0) is 48.4 Å². The molecule has 2 heterocycles. The van der Waals surface area contributed by atoms with Crippen LogP contribution in [0.2, 0.25) is 0 Å². The van der Waals surface area contributed by atoms with Crippen molar-refractivity contribution in [3.8, 4) is 0 Å². The van der Waals surface area contributed by atoms with Crippen LogP contribution in [0.5, 0.6) is 0 Å². The molecule has 3 rings (SSSR count). The summed E-state index contributed by atoms with van der Waals surface area (Å²) in [6, 6.07) is 12.3. The third kappa shape index (κ3) is 5.23. The summed E-state index contributed by atoms with van der Waals surface area (Å²) in [6.45, 7) is 7.25. The molecule has 28 heavy (non-hydrogen) atoms. The van der Waals surface area contributed by atoms with Crippen LogP contribution in [0.25, 0.3) is 0 Å². The van der Waals surface area contributed by atoms with Gasteiger partial charge in [-0.15, -0.1) is 21.5 Å². The molecule has 0 unspecified atom stereocenters. The van der Waals surface area contributed by atoms with Crippen molar-refractivity contribution in [1.29, 1.82) is 0 Å². The first-order chi connectivity index (χ1) is 13.6. The summed E-state index contributed by atoms with van der Waals surface area (Å²) < 4.78 is 2.08. The molecule has 148 valence electrons. The lowest BCUT2D eigenvalue weighted by Crippen LogP contribution is -2.14. The Labute approximate surface area is 174 Å². The van der Waals surface area contributed by atoms with Gasteiger partial charge in [0.1, 0.15) is 5.82 Å². The second-order valence-corrected chi connectivity index (χ2v) is 8.64. The van der Waals surface area contributed by atoms with Gasteiger partial charge in [0.15, 0.2) is 5.16 Å². The molecule has 0 saturated carbocycles. The van der Waals surface area contributed by atoms with Gasteiger partial charge in [-0.25, -0.2) is 0 Å². The van der Waals surface area contributed by atoms with Gasteiger partial charge in [0.25, 0.3) is 0 Å². The highest BCUT2D eigenvalue weighted by atomic mass is 32.2. The van der Waals surface area contributed by atoms with E-state index in [1.807, 2.05) is 18.2 Å². The smallest absolute Gasteiger partial charge is 0.234 e. The molecule has 0 aliphatic carbocycles. The van der Waals surface area contributed by atoms with Crippen molar-refractivity contribution in [2.45, 2.75) is 51.2 Å². The van der Waals surface area contributed by atoms with Gasteiger partial charge in [0.2, 0.25) is 5.91 Å². The van der Waals surface area contributed by atoms with Gasteiger partial charge in [-0.2, -0.15) is 0 Å². The quantitative estimate of drug-likeness (QED) is 0.489. The van der Waals surface area contributed by atoms with Crippen molar-refractivity contribution >= 4 is 34.7 Å². The highest BCUT2D eigenvalue weighted by Gasteiger charge is 2.14. The number of thioether (sulfide) groups is 1. The van der Waals surface area contributed by atoms with Crippen LogP contribution >= 0.6 is 23.1 Å². The first-order valence-electron chi connectivity index (χ1n) is 9.57. The molecule has 1 N–H and O–H groups in total. The van der Waals surface area contributed by atoms with Crippen molar-refractivity contribution < 1.29 is 4.79 Å². The number of carbonyl (C=O) groups is 1. The fourth-order valence-electron chi connectivity index (χ4n) is 2.90. The molecule has 0 aliphatic rings. The first kappa shape index (κ1) is 20.6. The number of hydrogen-bond donors (Lipinski definition) is 1. The fourth-order valence-corrected chi connectivity index (χ4v) is 4.42. The summed E-state index contributed by atoms with van der Waals surface area (Å²) in [7, 11) is 0. The molecule has 1 amide bonds. The monoisotopic (exact) mass is 414 g/mol. The molecule has 0 aliphatic heterocycles. The van der Waals surface area contributed by atoms with Crippen molar-refractivity contribution in [2.24, 2.45) is 0 Å². The molecule has 1 aromatic carbocycles. The van der Waals surface area contributed by atoms with Gasteiger partial charge >= 0.3 is 0 Å².